The molecule has 0 spiro atoms. The Bertz CT molecular complexity index is 502. The van der Waals surface area contributed by atoms with Crippen LogP contribution >= 0.6 is 11.3 Å². The lowest BCUT2D eigenvalue weighted by molar-refractivity contribution is 0.616. The summed E-state index contributed by atoms with van der Waals surface area (Å²) in [5, 5.41) is 3.22. The molecule has 0 fully saturated rings. The summed E-state index contributed by atoms with van der Waals surface area (Å²) in [5.74, 6) is -0.192. The molecule has 0 amide bonds. The van der Waals surface area contributed by atoms with E-state index in [2.05, 4.69) is 10.3 Å². The van der Waals surface area contributed by atoms with Gasteiger partial charge in [-0.2, -0.15) is 0 Å². The highest BCUT2D eigenvalue weighted by Crippen LogP contribution is 2.28. The van der Waals surface area contributed by atoms with Crippen LogP contribution in [0, 0.1) is 19.7 Å². The zero-order valence-corrected chi connectivity index (χ0v) is 10.9. The summed E-state index contributed by atoms with van der Waals surface area (Å²) in [5.41, 5.74) is 4.69. The van der Waals surface area contributed by atoms with E-state index < -0.39 is 0 Å². The van der Waals surface area contributed by atoms with E-state index in [4.69, 9.17) is 0 Å². The Morgan fingerprint density at radius 2 is 2.06 bits per heavy atom. The molecule has 90 valence electrons. The molecule has 1 N–H and O–H groups in total. The molecule has 0 bridgehead atoms. The van der Waals surface area contributed by atoms with Crippen molar-refractivity contribution in [2.75, 3.05) is 7.05 Å². The minimum Gasteiger partial charge on any atom is -0.309 e. The molecule has 1 unspecified atom stereocenters. The fraction of sp³-hybridized carbons (Fsp3) is 0.308. The molecule has 2 aromatic rings. The summed E-state index contributed by atoms with van der Waals surface area (Å²) in [6, 6.07) is 5.13. The first-order valence-electron chi connectivity index (χ1n) is 5.46. The summed E-state index contributed by atoms with van der Waals surface area (Å²) in [6.45, 7) is 3.88. The summed E-state index contributed by atoms with van der Waals surface area (Å²) >= 11 is 1.59. The van der Waals surface area contributed by atoms with Crippen LogP contribution < -0.4 is 5.32 Å². The standard InChI is InChI=1S/C13H15FN2S/c1-8-4-10(6-11(14)5-8)12(15-3)13-9(2)16-7-17-13/h4-7,12,15H,1-3H3. The van der Waals surface area contributed by atoms with Crippen molar-refractivity contribution in [3.63, 3.8) is 0 Å². The van der Waals surface area contributed by atoms with Crippen LogP contribution in [0.2, 0.25) is 0 Å². The highest BCUT2D eigenvalue weighted by molar-refractivity contribution is 7.09. The highest BCUT2D eigenvalue weighted by Gasteiger charge is 2.17. The zero-order chi connectivity index (χ0) is 12.4. The van der Waals surface area contributed by atoms with Gasteiger partial charge in [0.2, 0.25) is 0 Å². The van der Waals surface area contributed by atoms with Crippen molar-refractivity contribution in [1.29, 1.82) is 0 Å². The first-order valence-corrected chi connectivity index (χ1v) is 6.34. The topological polar surface area (TPSA) is 24.9 Å². The summed E-state index contributed by atoms with van der Waals surface area (Å²) in [4.78, 5) is 5.38. The van der Waals surface area contributed by atoms with Gasteiger partial charge in [0.05, 0.1) is 17.2 Å². The van der Waals surface area contributed by atoms with E-state index in [1.807, 2.05) is 32.5 Å². The van der Waals surface area contributed by atoms with Gasteiger partial charge in [-0.05, 0) is 44.2 Å². The maximum absolute atomic E-state index is 13.4. The molecule has 0 aliphatic rings. The van der Waals surface area contributed by atoms with Crippen LogP contribution in [0.4, 0.5) is 4.39 Å². The number of aromatic nitrogens is 1. The second-order valence-electron chi connectivity index (χ2n) is 4.09. The molecular formula is C13H15FN2S. The van der Waals surface area contributed by atoms with Gasteiger partial charge in [0.25, 0.3) is 0 Å². The van der Waals surface area contributed by atoms with Gasteiger partial charge in [0, 0.05) is 4.88 Å². The SMILES string of the molecule is CNC(c1cc(C)cc(F)c1)c1scnc1C. The predicted molar refractivity (Wildman–Crippen MR) is 68.9 cm³/mol. The molecule has 0 aliphatic heterocycles. The van der Waals surface area contributed by atoms with E-state index in [-0.39, 0.29) is 11.9 Å². The number of benzene rings is 1. The van der Waals surface area contributed by atoms with E-state index in [0.717, 1.165) is 21.7 Å². The Morgan fingerprint density at radius 3 is 2.59 bits per heavy atom. The lowest BCUT2D eigenvalue weighted by atomic mass is 10.0. The molecule has 1 aromatic carbocycles. The van der Waals surface area contributed by atoms with Crippen molar-refractivity contribution in [3.8, 4) is 0 Å². The number of nitrogens with zero attached hydrogens (tertiary/aromatic N) is 1. The molecule has 17 heavy (non-hydrogen) atoms. The van der Waals surface area contributed by atoms with Gasteiger partial charge in [-0.25, -0.2) is 9.37 Å². The van der Waals surface area contributed by atoms with Gasteiger partial charge >= 0.3 is 0 Å². The van der Waals surface area contributed by atoms with Crippen molar-refractivity contribution >= 4 is 11.3 Å². The van der Waals surface area contributed by atoms with Crippen molar-refractivity contribution in [3.05, 3.63) is 51.2 Å². The van der Waals surface area contributed by atoms with E-state index in [1.165, 1.54) is 6.07 Å². The molecule has 1 atom stereocenters. The first kappa shape index (κ1) is 12.2. The van der Waals surface area contributed by atoms with Gasteiger partial charge < -0.3 is 5.32 Å². The van der Waals surface area contributed by atoms with Crippen LogP contribution in [-0.4, -0.2) is 12.0 Å². The van der Waals surface area contributed by atoms with Crippen molar-refractivity contribution in [2.45, 2.75) is 19.9 Å². The van der Waals surface area contributed by atoms with Crippen LogP contribution in [0.5, 0.6) is 0 Å². The van der Waals surface area contributed by atoms with Crippen LogP contribution in [0.25, 0.3) is 0 Å². The number of aryl methyl sites for hydroxylation is 2. The van der Waals surface area contributed by atoms with Crippen molar-refractivity contribution in [2.24, 2.45) is 0 Å². The normalized spacial score (nSPS) is 12.7. The molecule has 0 radical (unpaired) electrons. The van der Waals surface area contributed by atoms with Gasteiger partial charge in [0.1, 0.15) is 5.82 Å². The molecule has 0 saturated heterocycles. The van der Waals surface area contributed by atoms with Crippen LogP contribution in [0.15, 0.2) is 23.7 Å². The second-order valence-corrected chi connectivity index (χ2v) is 4.97. The number of hydrogen-bond acceptors (Lipinski definition) is 3. The maximum atomic E-state index is 13.4. The fourth-order valence-corrected chi connectivity index (χ4v) is 2.91. The molecule has 4 heteroatoms. The van der Waals surface area contributed by atoms with Crippen LogP contribution in [-0.2, 0) is 0 Å². The van der Waals surface area contributed by atoms with E-state index >= 15 is 0 Å². The number of halogens is 1. The van der Waals surface area contributed by atoms with E-state index in [1.54, 1.807) is 17.4 Å². The Balaban J connectivity index is 2.45. The lowest BCUT2D eigenvalue weighted by Crippen LogP contribution is -2.17. The molecule has 2 nitrogen and oxygen atoms in total. The highest BCUT2D eigenvalue weighted by atomic mass is 32.1. The third-order valence-corrected chi connectivity index (χ3v) is 3.73. The summed E-state index contributed by atoms with van der Waals surface area (Å²) in [6.07, 6.45) is 0. The number of thiazole rings is 1. The average molecular weight is 250 g/mol. The average Bonchev–Trinajstić information content (AvgIpc) is 2.65. The lowest BCUT2D eigenvalue weighted by Gasteiger charge is -2.16. The first-order chi connectivity index (χ1) is 8.11. The number of rotatable bonds is 3. The summed E-state index contributed by atoms with van der Waals surface area (Å²) in [7, 11) is 1.88. The van der Waals surface area contributed by atoms with E-state index in [9.17, 15) is 4.39 Å². The minimum atomic E-state index is -0.192. The zero-order valence-electron chi connectivity index (χ0n) is 10.1. The third kappa shape index (κ3) is 2.53. The largest absolute Gasteiger partial charge is 0.309 e. The molecule has 1 aromatic heterocycles. The predicted octanol–water partition coefficient (Wildman–Crippen LogP) is 3.21. The van der Waals surface area contributed by atoms with Gasteiger partial charge in [-0.15, -0.1) is 11.3 Å². The Labute approximate surface area is 105 Å². The van der Waals surface area contributed by atoms with E-state index in [0.29, 0.717) is 0 Å². The molecule has 0 saturated carbocycles. The Hall–Kier alpha value is -1.26. The number of nitrogens with one attached hydrogen (secondary N) is 1. The number of hydrogen-bond donors (Lipinski definition) is 1. The molecule has 2 rings (SSSR count). The smallest absolute Gasteiger partial charge is 0.123 e. The molecule has 0 aliphatic carbocycles. The Kier molecular flexibility index (Phi) is 3.54. The van der Waals surface area contributed by atoms with Gasteiger partial charge in [-0.3, -0.25) is 0 Å². The monoisotopic (exact) mass is 250 g/mol. The molecule has 1 heterocycles. The quantitative estimate of drug-likeness (QED) is 0.904. The third-order valence-electron chi connectivity index (χ3n) is 2.73. The van der Waals surface area contributed by atoms with Crippen LogP contribution in [0.1, 0.15) is 27.7 Å². The van der Waals surface area contributed by atoms with Gasteiger partial charge in [0.15, 0.2) is 0 Å². The maximum Gasteiger partial charge on any atom is 0.123 e. The van der Waals surface area contributed by atoms with Crippen LogP contribution in [0.3, 0.4) is 0 Å². The molecular weight excluding hydrogens is 235 g/mol. The van der Waals surface area contributed by atoms with Gasteiger partial charge in [-0.1, -0.05) is 6.07 Å². The van der Waals surface area contributed by atoms with Crippen molar-refractivity contribution in [1.82, 2.24) is 10.3 Å². The second kappa shape index (κ2) is 4.94. The minimum absolute atomic E-state index is 0.0110. The van der Waals surface area contributed by atoms with Crippen molar-refractivity contribution < 1.29 is 4.39 Å². The Morgan fingerprint density at radius 1 is 1.29 bits per heavy atom. The summed E-state index contributed by atoms with van der Waals surface area (Å²) < 4.78 is 13.4. The fourth-order valence-electron chi connectivity index (χ4n) is 1.97.